The number of aliphatic hydroxyl groups is 1. The fourth-order valence-electron chi connectivity index (χ4n) is 7.59. The first kappa shape index (κ1) is 49.4. The van der Waals surface area contributed by atoms with Crippen LogP contribution < -0.4 is 5.32 Å². The van der Waals surface area contributed by atoms with Gasteiger partial charge in [-0.15, -0.1) is 6.58 Å². The molecule has 17 heteroatoms. The van der Waals surface area contributed by atoms with Crippen LogP contribution in [0.2, 0.25) is 0 Å². The molecule has 10 atom stereocenters. The molecule has 2 saturated heterocycles. The Bertz CT molecular complexity index is 2510. The fraction of sp³-hybridized carbons (Fsp3) is 0.269. The average molecular weight is 944 g/mol. The molecule has 0 bridgehead atoms. The summed E-state index contributed by atoms with van der Waals surface area (Å²) in [6, 6.07) is 38.1. The zero-order valence-electron chi connectivity index (χ0n) is 37.2. The Morgan fingerprint density at radius 2 is 0.899 bits per heavy atom. The van der Waals surface area contributed by atoms with Crippen LogP contribution in [0.15, 0.2) is 164 Å². The second kappa shape index (κ2) is 24.0. The van der Waals surface area contributed by atoms with Gasteiger partial charge in [0.15, 0.2) is 30.9 Å². The zero-order valence-corrected chi connectivity index (χ0v) is 37.2. The molecule has 5 aromatic rings. The number of hydrogen-bond acceptors (Lipinski definition) is 16. The number of amides is 1. The number of nitrogens with one attached hydrogen (secondary N) is 1. The van der Waals surface area contributed by atoms with Crippen LogP contribution in [0.5, 0.6) is 0 Å². The molecule has 5 aromatic carbocycles. The normalized spacial score (nSPS) is 24.1. The van der Waals surface area contributed by atoms with Crippen molar-refractivity contribution >= 4 is 35.8 Å². The topological polar surface area (TPSA) is 218 Å². The van der Waals surface area contributed by atoms with Crippen LogP contribution in [-0.2, 0) is 47.4 Å². The third-order valence-corrected chi connectivity index (χ3v) is 10.9. The minimum Gasteiger partial charge on any atom is -0.459 e. The van der Waals surface area contributed by atoms with Gasteiger partial charge >= 0.3 is 29.8 Å². The average Bonchev–Trinajstić information content (AvgIpc) is 3.38. The van der Waals surface area contributed by atoms with Crippen LogP contribution in [-0.4, -0.2) is 122 Å². The summed E-state index contributed by atoms with van der Waals surface area (Å²) in [5.41, 5.74) is 0.545. The number of ether oxygens (including phenoxy) is 9. The van der Waals surface area contributed by atoms with Crippen molar-refractivity contribution in [1.82, 2.24) is 5.32 Å². The molecule has 0 spiro atoms. The smallest absolute Gasteiger partial charge is 0.338 e. The van der Waals surface area contributed by atoms with Crippen LogP contribution in [0.1, 0.15) is 58.7 Å². The van der Waals surface area contributed by atoms with E-state index in [0.717, 1.165) is 0 Å². The molecule has 0 unspecified atom stereocenters. The first-order chi connectivity index (χ1) is 33.5. The second-order valence-electron chi connectivity index (χ2n) is 15.7. The highest BCUT2D eigenvalue weighted by atomic mass is 16.8. The van der Waals surface area contributed by atoms with Gasteiger partial charge < -0.3 is 53.1 Å². The molecule has 0 saturated carbocycles. The molecule has 2 fully saturated rings. The lowest BCUT2D eigenvalue weighted by atomic mass is 9.94. The number of hydrogen-bond donors (Lipinski definition) is 2. The van der Waals surface area contributed by atoms with Crippen LogP contribution in [0.4, 0.5) is 0 Å². The summed E-state index contributed by atoms with van der Waals surface area (Å²) in [6.45, 7) is 3.51. The van der Waals surface area contributed by atoms with E-state index in [9.17, 15) is 33.9 Å². The Morgan fingerprint density at radius 1 is 0.522 bits per heavy atom. The van der Waals surface area contributed by atoms with Gasteiger partial charge in [-0.2, -0.15) is 0 Å². The van der Waals surface area contributed by atoms with Gasteiger partial charge in [-0.3, -0.25) is 4.79 Å². The highest BCUT2D eigenvalue weighted by molar-refractivity contribution is 5.92. The fourth-order valence-corrected chi connectivity index (χ4v) is 7.59. The molecule has 0 aromatic heterocycles. The van der Waals surface area contributed by atoms with Crippen LogP contribution in [0, 0.1) is 0 Å². The predicted octanol–water partition coefficient (Wildman–Crippen LogP) is 5.28. The minimum atomic E-state index is -1.89. The summed E-state index contributed by atoms with van der Waals surface area (Å²) < 4.78 is 55.5. The van der Waals surface area contributed by atoms with E-state index in [4.69, 9.17) is 42.6 Å². The van der Waals surface area contributed by atoms with Gasteiger partial charge in [0.2, 0.25) is 5.91 Å². The molecule has 17 nitrogen and oxygen atoms in total. The van der Waals surface area contributed by atoms with Crippen molar-refractivity contribution < 1.29 is 76.5 Å². The monoisotopic (exact) mass is 943 g/mol. The van der Waals surface area contributed by atoms with Crippen molar-refractivity contribution in [1.29, 1.82) is 0 Å². The highest BCUT2D eigenvalue weighted by Gasteiger charge is 2.57. The molecule has 2 aliphatic rings. The van der Waals surface area contributed by atoms with Gasteiger partial charge in [0.1, 0.15) is 43.7 Å². The van der Waals surface area contributed by atoms with E-state index < -0.39 is 110 Å². The summed E-state index contributed by atoms with van der Waals surface area (Å²) in [7, 11) is 0. The van der Waals surface area contributed by atoms with Gasteiger partial charge in [-0.25, -0.2) is 24.0 Å². The Kier molecular flexibility index (Phi) is 17.1. The van der Waals surface area contributed by atoms with Gasteiger partial charge in [-0.1, -0.05) is 97.1 Å². The number of carbonyl (C=O) groups is 6. The molecule has 0 radical (unpaired) electrons. The number of aliphatic hydroxyl groups excluding tert-OH is 1. The summed E-state index contributed by atoms with van der Waals surface area (Å²) >= 11 is 0. The molecule has 2 N–H and O–H groups in total. The van der Waals surface area contributed by atoms with Crippen molar-refractivity contribution in [2.45, 2.75) is 68.3 Å². The molecule has 7 rings (SSSR count). The van der Waals surface area contributed by atoms with Gasteiger partial charge in [0.25, 0.3) is 0 Å². The Morgan fingerprint density at radius 3 is 1.30 bits per heavy atom. The summed E-state index contributed by atoms with van der Waals surface area (Å²) in [5, 5.41) is 14.0. The van der Waals surface area contributed by atoms with E-state index in [1.165, 1.54) is 73.7 Å². The third-order valence-electron chi connectivity index (χ3n) is 10.9. The maximum Gasteiger partial charge on any atom is 0.338 e. The molecule has 0 aliphatic carbocycles. The molecule has 69 heavy (non-hydrogen) atoms. The van der Waals surface area contributed by atoms with Crippen molar-refractivity contribution in [2.24, 2.45) is 0 Å². The SMILES string of the molecule is C=CCO[C@H]1[C@@H](NC(C)=O)[C@H](O)O[C@H](COC(=O)c2ccccc2)[C@H]1O[C@@H]1O[C@H](COC(=O)c2ccccc2)[C@H](OC(=O)c2ccccc2)[C@H](OC(=O)c2ccccc2)[C@H]1OC(=O)c1ccccc1. The highest BCUT2D eigenvalue weighted by Crippen LogP contribution is 2.35. The summed E-state index contributed by atoms with van der Waals surface area (Å²) in [5.74, 6) is -4.98. The first-order valence-corrected chi connectivity index (χ1v) is 21.9. The van der Waals surface area contributed by atoms with Gasteiger partial charge in [0.05, 0.1) is 34.4 Å². The molecule has 2 heterocycles. The molecule has 358 valence electrons. The van der Waals surface area contributed by atoms with Crippen LogP contribution in [0.3, 0.4) is 0 Å². The van der Waals surface area contributed by atoms with Crippen LogP contribution >= 0.6 is 0 Å². The Hall–Kier alpha value is -7.54. The van der Waals surface area contributed by atoms with Crippen molar-refractivity contribution in [3.63, 3.8) is 0 Å². The largest absolute Gasteiger partial charge is 0.459 e. The molecular weight excluding hydrogens is 895 g/mol. The Labute approximate surface area is 396 Å². The quantitative estimate of drug-likeness (QED) is 0.0649. The lowest BCUT2D eigenvalue weighted by Crippen LogP contribution is -2.68. The maximum atomic E-state index is 14.2. The predicted molar refractivity (Wildman–Crippen MR) is 242 cm³/mol. The van der Waals surface area contributed by atoms with E-state index >= 15 is 0 Å². The van der Waals surface area contributed by atoms with Crippen molar-refractivity contribution in [3.8, 4) is 0 Å². The molecule has 1 amide bonds. The number of esters is 5. The van der Waals surface area contributed by atoms with E-state index in [0.29, 0.717) is 0 Å². The molecule has 2 aliphatic heterocycles. The number of benzene rings is 5. The standard InChI is InChI=1S/C52H49NO16/c1-3-29-61-43-40(53-32(2)54)51(60)64-38(30-62-46(55)33-19-9-4-10-20-33)41(43)69-52-45(68-50(59)37-27-17-8-18-28-37)44(67-49(58)36-25-15-7-16-26-36)42(66-48(57)35-23-13-6-14-24-35)39(65-52)31-63-47(56)34-21-11-5-12-22-34/h3-28,38-45,51-52,60H,1,29-31H2,2H3,(H,53,54)/t38-,39-,40-,41-,42+,43+,44+,45-,51-,52+/m1/s1. The molecular formula is C52H49NO16. The number of carbonyl (C=O) groups excluding carboxylic acids is 6. The summed E-state index contributed by atoms with van der Waals surface area (Å²) in [4.78, 5) is 81.9. The Balaban J connectivity index is 1.35. The zero-order chi connectivity index (χ0) is 48.7. The van der Waals surface area contributed by atoms with E-state index in [2.05, 4.69) is 11.9 Å². The summed E-state index contributed by atoms with van der Waals surface area (Å²) in [6.07, 6.45) is -13.5. The van der Waals surface area contributed by atoms with Crippen molar-refractivity contribution in [3.05, 3.63) is 192 Å². The van der Waals surface area contributed by atoms with Gasteiger partial charge in [-0.05, 0) is 60.7 Å². The third kappa shape index (κ3) is 12.9. The maximum absolute atomic E-state index is 14.2. The van der Waals surface area contributed by atoms with E-state index in [1.807, 2.05) is 0 Å². The minimum absolute atomic E-state index is 0.0499. The van der Waals surface area contributed by atoms with Crippen LogP contribution in [0.25, 0.3) is 0 Å². The second-order valence-corrected chi connectivity index (χ2v) is 15.7. The van der Waals surface area contributed by atoms with Gasteiger partial charge in [0, 0.05) is 6.92 Å². The lowest BCUT2D eigenvalue weighted by molar-refractivity contribution is -0.345. The lowest BCUT2D eigenvalue weighted by Gasteiger charge is -2.49. The van der Waals surface area contributed by atoms with E-state index in [1.54, 1.807) is 91.0 Å². The number of rotatable bonds is 18. The van der Waals surface area contributed by atoms with Crippen molar-refractivity contribution in [2.75, 3.05) is 19.8 Å². The first-order valence-electron chi connectivity index (χ1n) is 21.9. The van der Waals surface area contributed by atoms with E-state index in [-0.39, 0.29) is 34.4 Å².